The van der Waals surface area contributed by atoms with Crippen LogP contribution in [0, 0.1) is 11.8 Å². The zero-order valence-corrected chi connectivity index (χ0v) is 10.2. The van der Waals surface area contributed by atoms with Crippen molar-refractivity contribution in [1.29, 1.82) is 0 Å². The SMILES string of the molecule is O=C1CC[C@@H](C2C(=O)c3ccccc3C2=O)C(=O)C1. The quantitative estimate of drug-likeness (QED) is 0.716. The maximum Gasteiger partial charge on any atom is 0.175 e. The van der Waals surface area contributed by atoms with Gasteiger partial charge < -0.3 is 0 Å². The molecule has 4 heteroatoms. The van der Waals surface area contributed by atoms with E-state index in [1.54, 1.807) is 24.3 Å². The molecule has 2 aliphatic carbocycles. The monoisotopic (exact) mass is 256 g/mol. The van der Waals surface area contributed by atoms with Crippen LogP contribution in [-0.4, -0.2) is 23.1 Å². The predicted molar refractivity (Wildman–Crippen MR) is 65.9 cm³/mol. The Morgan fingerprint density at radius 3 is 2.00 bits per heavy atom. The third-order valence-corrected chi connectivity index (χ3v) is 3.94. The molecule has 96 valence electrons. The topological polar surface area (TPSA) is 68.3 Å². The van der Waals surface area contributed by atoms with Gasteiger partial charge in [-0.3, -0.25) is 19.2 Å². The first-order valence-electron chi connectivity index (χ1n) is 6.31. The van der Waals surface area contributed by atoms with E-state index in [-0.39, 0.29) is 36.0 Å². The average molecular weight is 256 g/mol. The van der Waals surface area contributed by atoms with Crippen LogP contribution in [-0.2, 0) is 9.59 Å². The molecule has 19 heavy (non-hydrogen) atoms. The second-order valence-corrected chi connectivity index (χ2v) is 5.08. The molecule has 0 saturated heterocycles. The fourth-order valence-corrected chi connectivity index (χ4v) is 2.98. The van der Waals surface area contributed by atoms with Gasteiger partial charge in [0.2, 0.25) is 0 Å². The highest BCUT2D eigenvalue weighted by Crippen LogP contribution is 2.36. The predicted octanol–water partition coefficient (Wildman–Crippen LogP) is 1.62. The number of benzene rings is 1. The van der Waals surface area contributed by atoms with E-state index in [1.165, 1.54) is 0 Å². The van der Waals surface area contributed by atoms with Crippen LogP contribution in [0.3, 0.4) is 0 Å². The standard InChI is InChI=1S/C15H12O4/c16-8-5-6-11(12(17)7-8)13-14(18)9-3-1-2-4-10(9)15(13)19/h1-4,11,13H,5-7H2/t11-/m1/s1. The molecule has 3 rings (SSSR count). The summed E-state index contributed by atoms with van der Waals surface area (Å²) >= 11 is 0. The first-order chi connectivity index (χ1) is 9.09. The number of hydrogen-bond acceptors (Lipinski definition) is 4. The summed E-state index contributed by atoms with van der Waals surface area (Å²) in [6.07, 6.45) is 0.454. The molecular weight excluding hydrogens is 244 g/mol. The van der Waals surface area contributed by atoms with Crippen molar-refractivity contribution in [1.82, 2.24) is 0 Å². The zero-order chi connectivity index (χ0) is 13.6. The highest BCUT2D eigenvalue weighted by atomic mass is 16.2. The molecule has 0 radical (unpaired) electrons. The number of rotatable bonds is 1. The molecule has 0 N–H and O–H groups in total. The van der Waals surface area contributed by atoms with Gasteiger partial charge in [-0.25, -0.2) is 0 Å². The van der Waals surface area contributed by atoms with Gasteiger partial charge in [-0.15, -0.1) is 0 Å². The van der Waals surface area contributed by atoms with E-state index < -0.39 is 11.8 Å². The van der Waals surface area contributed by atoms with E-state index in [1.807, 2.05) is 0 Å². The normalized spacial score (nSPS) is 23.9. The van der Waals surface area contributed by atoms with E-state index in [4.69, 9.17) is 0 Å². The van der Waals surface area contributed by atoms with Crippen LogP contribution in [0.1, 0.15) is 40.0 Å². The van der Waals surface area contributed by atoms with E-state index >= 15 is 0 Å². The number of Topliss-reactive ketones (excluding diaryl/α,β-unsaturated/α-hetero) is 4. The van der Waals surface area contributed by atoms with Crippen LogP contribution >= 0.6 is 0 Å². The van der Waals surface area contributed by atoms with E-state index in [2.05, 4.69) is 0 Å². The van der Waals surface area contributed by atoms with Crippen molar-refractivity contribution < 1.29 is 19.2 Å². The van der Waals surface area contributed by atoms with E-state index in [9.17, 15) is 19.2 Å². The Morgan fingerprint density at radius 1 is 0.895 bits per heavy atom. The van der Waals surface area contributed by atoms with Crippen LogP contribution in [0.15, 0.2) is 24.3 Å². The Hall–Kier alpha value is -2.10. The minimum absolute atomic E-state index is 0.100. The molecule has 0 amide bonds. The third-order valence-electron chi connectivity index (χ3n) is 3.94. The van der Waals surface area contributed by atoms with Gasteiger partial charge in [-0.05, 0) is 6.42 Å². The van der Waals surface area contributed by atoms with Gasteiger partial charge in [-0.2, -0.15) is 0 Å². The lowest BCUT2D eigenvalue weighted by Crippen LogP contribution is -2.36. The maximum atomic E-state index is 12.3. The molecule has 0 unspecified atom stereocenters. The van der Waals surface area contributed by atoms with Crippen LogP contribution in [0.5, 0.6) is 0 Å². The van der Waals surface area contributed by atoms with Crippen molar-refractivity contribution in [2.24, 2.45) is 11.8 Å². The summed E-state index contributed by atoms with van der Waals surface area (Å²) in [4.78, 5) is 47.7. The Kier molecular flexibility index (Phi) is 2.66. The lowest BCUT2D eigenvalue weighted by atomic mass is 9.76. The van der Waals surface area contributed by atoms with E-state index in [0.717, 1.165) is 0 Å². The molecule has 4 nitrogen and oxygen atoms in total. The third kappa shape index (κ3) is 1.75. The summed E-state index contributed by atoms with van der Waals surface area (Å²) in [5, 5.41) is 0. The van der Waals surface area contributed by atoms with Crippen LogP contribution < -0.4 is 0 Å². The minimum Gasteiger partial charge on any atom is -0.299 e. The van der Waals surface area contributed by atoms with Crippen molar-refractivity contribution >= 4 is 23.1 Å². The molecular formula is C15H12O4. The molecule has 0 heterocycles. The zero-order valence-electron chi connectivity index (χ0n) is 10.2. The molecule has 1 aromatic rings. The molecule has 0 aromatic heterocycles. The van der Waals surface area contributed by atoms with Gasteiger partial charge >= 0.3 is 0 Å². The van der Waals surface area contributed by atoms with Gasteiger partial charge in [0, 0.05) is 23.5 Å². The number of carbonyl (C=O) groups excluding carboxylic acids is 4. The molecule has 0 aliphatic heterocycles. The fourth-order valence-electron chi connectivity index (χ4n) is 2.98. The van der Waals surface area contributed by atoms with Gasteiger partial charge in [0.15, 0.2) is 11.6 Å². The largest absolute Gasteiger partial charge is 0.299 e. The summed E-state index contributed by atoms with van der Waals surface area (Å²) in [6.45, 7) is 0. The first kappa shape index (κ1) is 12.0. The van der Waals surface area contributed by atoms with E-state index in [0.29, 0.717) is 17.5 Å². The summed E-state index contributed by atoms with van der Waals surface area (Å²) in [5.41, 5.74) is 0.810. The molecule has 1 saturated carbocycles. The lowest BCUT2D eigenvalue weighted by molar-refractivity contribution is -0.133. The van der Waals surface area contributed by atoms with Crippen molar-refractivity contribution in [2.45, 2.75) is 19.3 Å². The molecule has 1 aromatic carbocycles. The highest BCUT2D eigenvalue weighted by molar-refractivity contribution is 6.28. The maximum absolute atomic E-state index is 12.3. The second-order valence-electron chi connectivity index (χ2n) is 5.08. The van der Waals surface area contributed by atoms with Crippen molar-refractivity contribution in [3.63, 3.8) is 0 Å². The molecule has 0 spiro atoms. The average Bonchev–Trinajstić information content (AvgIpc) is 2.64. The number of ketones is 4. The van der Waals surface area contributed by atoms with Crippen LogP contribution in [0.4, 0.5) is 0 Å². The van der Waals surface area contributed by atoms with Crippen molar-refractivity contribution in [3.8, 4) is 0 Å². The van der Waals surface area contributed by atoms with Gasteiger partial charge in [0.05, 0.1) is 12.3 Å². The Balaban J connectivity index is 1.96. The molecule has 1 fully saturated rings. The second kappa shape index (κ2) is 4.23. The van der Waals surface area contributed by atoms with Crippen molar-refractivity contribution in [3.05, 3.63) is 35.4 Å². The molecule has 1 atom stereocenters. The number of fused-ring (bicyclic) bond motifs is 1. The minimum atomic E-state index is -0.905. The van der Waals surface area contributed by atoms with Gasteiger partial charge in [0.25, 0.3) is 0 Å². The van der Waals surface area contributed by atoms with Gasteiger partial charge in [-0.1, -0.05) is 24.3 Å². The molecule has 2 aliphatic rings. The van der Waals surface area contributed by atoms with Crippen LogP contribution in [0.25, 0.3) is 0 Å². The Bertz CT molecular complexity index is 579. The summed E-state index contributed by atoms with van der Waals surface area (Å²) < 4.78 is 0. The Labute approximate surface area is 109 Å². The summed E-state index contributed by atoms with van der Waals surface area (Å²) in [7, 11) is 0. The van der Waals surface area contributed by atoms with Crippen molar-refractivity contribution in [2.75, 3.05) is 0 Å². The lowest BCUT2D eigenvalue weighted by Gasteiger charge is -2.23. The highest BCUT2D eigenvalue weighted by Gasteiger charge is 2.46. The number of hydrogen-bond donors (Lipinski definition) is 0. The van der Waals surface area contributed by atoms with Crippen LogP contribution in [0.2, 0.25) is 0 Å². The summed E-state index contributed by atoms with van der Waals surface area (Å²) in [6, 6.07) is 6.65. The molecule has 0 bridgehead atoms. The van der Waals surface area contributed by atoms with Gasteiger partial charge in [0.1, 0.15) is 11.6 Å². The smallest absolute Gasteiger partial charge is 0.175 e. The fraction of sp³-hybridized carbons (Fsp3) is 0.333. The number of carbonyl (C=O) groups is 4. The Morgan fingerprint density at radius 2 is 1.47 bits per heavy atom. The summed E-state index contributed by atoms with van der Waals surface area (Å²) in [5.74, 6) is -2.43. The first-order valence-corrected chi connectivity index (χ1v) is 6.31.